The Morgan fingerprint density at radius 2 is 1.95 bits per heavy atom. The largest absolute Gasteiger partial charge is 0.411 e. The second-order valence-corrected chi connectivity index (χ2v) is 5.11. The van der Waals surface area contributed by atoms with E-state index >= 15 is 0 Å². The predicted molar refractivity (Wildman–Crippen MR) is 63.8 cm³/mol. The highest BCUT2D eigenvalue weighted by molar-refractivity contribution is 4.95. The molecule has 1 aliphatic rings. The summed E-state index contributed by atoms with van der Waals surface area (Å²) >= 11 is 0. The minimum Gasteiger partial charge on any atom is -0.364 e. The molecule has 1 fully saturated rings. The van der Waals surface area contributed by atoms with E-state index in [0.717, 1.165) is 25.7 Å². The Labute approximate surface area is 114 Å². The minimum absolute atomic E-state index is 0.158. The summed E-state index contributed by atoms with van der Waals surface area (Å²) in [6.07, 6.45) is -0.458. The number of halogens is 3. The highest BCUT2D eigenvalue weighted by Gasteiger charge is 2.28. The Bertz CT molecular complexity index is 414. The molecule has 2 N–H and O–H groups in total. The Morgan fingerprint density at radius 3 is 2.55 bits per heavy atom. The summed E-state index contributed by atoms with van der Waals surface area (Å²) < 4.78 is 45.4. The van der Waals surface area contributed by atoms with Gasteiger partial charge in [-0.2, -0.15) is 18.2 Å². The average Bonchev–Trinajstić information content (AvgIpc) is 2.86. The summed E-state index contributed by atoms with van der Waals surface area (Å²) in [4.78, 5) is 4.10. The maximum Gasteiger partial charge on any atom is 0.411 e. The van der Waals surface area contributed by atoms with Crippen LogP contribution >= 0.6 is 0 Å². The Kier molecular flexibility index (Phi) is 4.98. The average molecular weight is 293 g/mol. The van der Waals surface area contributed by atoms with Gasteiger partial charge in [0, 0.05) is 5.92 Å². The van der Waals surface area contributed by atoms with E-state index in [2.05, 4.69) is 14.9 Å². The number of ether oxygens (including phenoxy) is 1. The summed E-state index contributed by atoms with van der Waals surface area (Å²) in [5.74, 6) is 1.38. The lowest BCUT2D eigenvalue weighted by molar-refractivity contribution is -0.177. The molecule has 0 spiro atoms. The van der Waals surface area contributed by atoms with E-state index in [1.807, 2.05) is 0 Å². The van der Waals surface area contributed by atoms with E-state index in [9.17, 15) is 13.2 Å². The summed E-state index contributed by atoms with van der Waals surface area (Å²) in [6.45, 7) is -0.910. The molecule has 0 atom stereocenters. The first-order valence-electron chi connectivity index (χ1n) is 6.65. The van der Waals surface area contributed by atoms with Gasteiger partial charge in [-0.1, -0.05) is 5.16 Å². The molecule has 0 aromatic carbocycles. The third-order valence-corrected chi connectivity index (χ3v) is 3.51. The molecule has 5 nitrogen and oxygen atoms in total. The van der Waals surface area contributed by atoms with Crippen LogP contribution in [-0.4, -0.2) is 29.5 Å². The van der Waals surface area contributed by atoms with Crippen LogP contribution < -0.4 is 5.73 Å². The fourth-order valence-corrected chi connectivity index (χ4v) is 2.40. The molecule has 2 rings (SSSR count). The molecule has 1 saturated carbocycles. The van der Waals surface area contributed by atoms with Crippen molar-refractivity contribution in [3.05, 3.63) is 11.7 Å². The van der Waals surface area contributed by atoms with Crippen LogP contribution in [0.25, 0.3) is 0 Å². The van der Waals surface area contributed by atoms with Crippen molar-refractivity contribution in [3.8, 4) is 0 Å². The molecule has 20 heavy (non-hydrogen) atoms. The maximum atomic E-state index is 11.9. The molecule has 8 heteroatoms. The Hall–Kier alpha value is -1.15. The highest BCUT2D eigenvalue weighted by Crippen LogP contribution is 2.34. The molecule has 1 aromatic rings. The Morgan fingerprint density at radius 1 is 1.25 bits per heavy atom. The lowest BCUT2D eigenvalue weighted by atomic mass is 9.82. The molecule has 0 saturated heterocycles. The summed E-state index contributed by atoms with van der Waals surface area (Å²) in [6, 6.07) is 0. The molecule has 0 amide bonds. The zero-order chi connectivity index (χ0) is 14.6. The smallest absolute Gasteiger partial charge is 0.364 e. The number of rotatable bonds is 5. The van der Waals surface area contributed by atoms with Crippen molar-refractivity contribution in [2.75, 3.05) is 13.2 Å². The fourth-order valence-electron chi connectivity index (χ4n) is 2.40. The topological polar surface area (TPSA) is 74.2 Å². The van der Waals surface area contributed by atoms with Crippen molar-refractivity contribution in [1.29, 1.82) is 0 Å². The second-order valence-electron chi connectivity index (χ2n) is 5.11. The third-order valence-electron chi connectivity index (χ3n) is 3.51. The van der Waals surface area contributed by atoms with Crippen molar-refractivity contribution < 1.29 is 22.4 Å². The third kappa shape index (κ3) is 4.45. The van der Waals surface area contributed by atoms with Crippen LogP contribution in [0.3, 0.4) is 0 Å². The number of hydrogen-bond acceptors (Lipinski definition) is 5. The Balaban J connectivity index is 1.80. The molecule has 1 aliphatic carbocycles. The first-order chi connectivity index (χ1) is 9.48. The standard InChI is InChI=1S/C12H18F3N3O2/c13-12(14,15)7-19-6-10-17-11(20-18-10)9-3-1-8(5-16)2-4-9/h8-9H,1-7,16H2. The van der Waals surface area contributed by atoms with E-state index in [4.69, 9.17) is 10.3 Å². The molecule has 114 valence electrons. The molecule has 0 unspecified atom stereocenters. The van der Waals surface area contributed by atoms with Crippen LogP contribution in [0.1, 0.15) is 43.3 Å². The van der Waals surface area contributed by atoms with Gasteiger partial charge in [0.2, 0.25) is 5.89 Å². The van der Waals surface area contributed by atoms with E-state index in [0.29, 0.717) is 18.4 Å². The number of aromatic nitrogens is 2. The van der Waals surface area contributed by atoms with E-state index < -0.39 is 12.8 Å². The molecule has 0 radical (unpaired) electrons. The lowest BCUT2D eigenvalue weighted by Gasteiger charge is -2.24. The number of hydrogen-bond donors (Lipinski definition) is 1. The number of alkyl halides is 3. The van der Waals surface area contributed by atoms with Gasteiger partial charge < -0.3 is 15.0 Å². The summed E-state index contributed by atoms with van der Waals surface area (Å²) in [7, 11) is 0. The van der Waals surface area contributed by atoms with Gasteiger partial charge in [-0.05, 0) is 38.1 Å². The summed E-state index contributed by atoms with van der Waals surface area (Å²) in [5.41, 5.74) is 5.62. The molecular weight excluding hydrogens is 275 g/mol. The fraction of sp³-hybridized carbons (Fsp3) is 0.833. The quantitative estimate of drug-likeness (QED) is 0.902. The molecule has 1 aromatic heterocycles. The van der Waals surface area contributed by atoms with Crippen LogP contribution in [-0.2, 0) is 11.3 Å². The van der Waals surface area contributed by atoms with Crippen molar-refractivity contribution in [2.24, 2.45) is 11.7 Å². The zero-order valence-corrected chi connectivity index (χ0v) is 11.0. The monoisotopic (exact) mass is 293 g/mol. The lowest BCUT2D eigenvalue weighted by Crippen LogP contribution is -2.20. The van der Waals surface area contributed by atoms with Crippen LogP contribution in [0.5, 0.6) is 0 Å². The van der Waals surface area contributed by atoms with Crippen LogP contribution in [0.4, 0.5) is 13.2 Å². The van der Waals surface area contributed by atoms with Crippen molar-refractivity contribution in [1.82, 2.24) is 10.1 Å². The number of nitrogens with zero attached hydrogens (tertiary/aromatic N) is 2. The van der Waals surface area contributed by atoms with Gasteiger partial charge >= 0.3 is 6.18 Å². The van der Waals surface area contributed by atoms with Gasteiger partial charge in [0.1, 0.15) is 13.2 Å². The minimum atomic E-state index is -4.34. The first-order valence-corrected chi connectivity index (χ1v) is 6.65. The van der Waals surface area contributed by atoms with E-state index in [1.54, 1.807) is 0 Å². The summed E-state index contributed by atoms with van der Waals surface area (Å²) in [5, 5.41) is 3.65. The predicted octanol–water partition coefficient (Wildman–Crippen LogP) is 2.38. The number of nitrogens with two attached hydrogens (primary N) is 1. The molecule has 0 aliphatic heterocycles. The molecular formula is C12H18F3N3O2. The van der Waals surface area contributed by atoms with Gasteiger partial charge in [0.05, 0.1) is 0 Å². The SMILES string of the molecule is NCC1CCC(c2nc(COCC(F)(F)F)no2)CC1. The maximum absolute atomic E-state index is 11.9. The van der Waals surface area contributed by atoms with Crippen LogP contribution in [0.2, 0.25) is 0 Å². The van der Waals surface area contributed by atoms with Crippen molar-refractivity contribution in [3.63, 3.8) is 0 Å². The zero-order valence-electron chi connectivity index (χ0n) is 11.0. The first kappa shape index (κ1) is 15.2. The van der Waals surface area contributed by atoms with Crippen molar-refractivity contribution >= 4 is 0 Å². The van der Waals surface area contributed by atoms with Crippen LogP contribution in [0, 0.1) is 5.92 Å². The van der Waals surface area contributed by atoms with Gasteiger partial charge in [-0.3, -0.25) is 0 Å². The van der Waals surface area contributed by atoms with Crippen molar-refractivity contribution in [2.45, 2.75) is 44.4 Å². The van der Waals surface area contributed by atoms with Gasteiger partial charge in [0.25, 0.3) is 0 Å². The normalized spacial score (nSPS) is 24.0. The molecule has 0 bridgehead atoms. The molecule has 1 heterocycles. The second kappa shape index (κ2) is 6.53. The van der Waals surface area contributed by atoms with E-state index in [1.165, 1.54) is 0 Å². The van der Waals surface area contributed by atoms with E-state index in [-0.39, 0.29) is 18.3 Å². The van der Waals surface area contributed by atoms with Crippen LogP contribution in [0.15, 0.2) is 4.52 Å². The van der Waals surface area contributed by atoms with Gasteiger partial charge in [0.15, 0.2) is 5.82 Å². The van der Waals surface area contributed by atoms with Gasteiger partial charge in [-0.15, -0.1) is 0 Å². The van der Waals surface area contributed by atoms with Gasteiger partial charge in [-0.25, -0.2) is 0 Å². The highest BCUT2D eigenvalue weighted by atomic mass is 19.4.